The summed E-state index contributed by atoms with van der Waals surface area (Å²) in [7, 11) is 0. The molecule has 1 aromatic carbocycles. The van der Waals surface area contributed by atoms with Crippen LogP contribution in [0.15, 0.2) is 24.3 Å². The number of likely N-dealkylation sites (tertiary alicyclic amines) is 1. The van der Waals surface area contributed by atoms with E-state index in [4.69, 9.17) is 4.74 Å². The van der Waals surface area contributed by atoms with Crippen molar-refractivity contribution in [1.29, 1.82) is 0 Å². The predicted octanol–water partition coefficient (Wildman–Crippen LogP) is 4.22. The number of hydrogen-bond donors (Lipinski definition) is 0. The molecule has 1 aliphatic carbocycles. The fraction of sp³-hybridized carbons (Fsp3) is 0.708. The molecule has 2 fully saturated rings. The summed E-state index contributed by atoms with van der Waals surface area (Å²) in [6, 6.07) is 9.20. The Hall–Kier alpha value is -1.60. The van der Waals surface area contributed by atoms with Crippen LogP contribution in [0.2, 0.25) is 0 Å². The van der Waals surface area contributed by atoms with Gasteiger partial charge in [0.25, 0.3) is 0 Å². The summed E-state index contributed by atoms with van der Waals surface area (Å²) < 4.78 is 43.6. The van der Waals surface area contributed by atoms with Crippen LogP contribution in [0.4, 0.5) is 13.2 Å². The third-order valence-electron chi connectivity index (χ3n) is 7.10. The van der Waals surface area contributed by atoms with E-state index >= 15 is 0 Å². The van der Waals surface area contributed by atoms with Crippen molar-refractivity contribution in [3.8, 4) is 0 Å². The third kappa shape index (κ3) is 6.22. The van der Waals surface area contributed by atoms with Gasteiger partial charge in [-0.1, -0.05) is 24.3 Å². The molecule has 0 saturated carbocycles. The first-order chi connectivity index (χ1) is 14.9. The second-order valence-corrected chi connectivity index (χ2v) is 9.36. The number of carbonyl (C=O) groups excluding carboxylic acids is 1. The zero-order chi connectivity index (χ0) is 21.8. The van der Waals surface area contributed by atoms with Crippen molar-refractivity contribution >= 4 is 5.91 Å². The molecule has 1 aromatic rings. The van der Waals surface area contributed by atoms with E-state index < -0.39 is 19.0 Å². The van der Waals surface area contributed by atoms with Gasteiger partial charge in [0.15, 0.2) is 0 Å². The number of rotatable bonds is 7. The summed E-state index contributed by atoms with van der Waals surface area (Å²) in [6.45, 7) is 3.64. The van der Waals surface area contributed by atoms with Crippen LogP contribution in [-0.4, -0.2) is 66.8 Å². The van der Waals surface area contributed by atoms with Gasteiger partial charge in [-0.3, -0.25) is 9.69 Å². The molecule has 4 rings (SSSR count). The van der Waals surface area contributed by atoms with Crippen LogP contribution < -0.4 is 0 Å². The van der Waals surface area contributed by atoms with Gasteiger partial charge >= 0.3 is 6.18 Å². The maximum atomic E-state index is 12.6. The van der Waals surface area contributed by atoms with Gasteiger partial charge in [-0.25, -0.2) is 0 Å². The zero-order valence-corrected chi connectivity index (χ0v) is 18.1. The molecule has 3 aliphatic rings. The number of benzene rings is 1. The van der Waals surface area contributed by atoms with Crippen LogP contribution in [0, 0.1) is 5.92 Å². The Morgan fingerprint density at radius 2 is 1.74 bits per heavy atom. The first-order valence-electron chi connectivity index (χ1n) is 11.6. The highest BCUT2D eigenvalue weighted by atomic mass is 19.4. The molecule has 2 heterocycles. The zero-order valence-electron chi connectivity index (χ0n) is 18.1. The van der Waals surface area contributed by atoms with Crippen LogP contribution in [-0.2, 0) is 22.4 Å². The summed E-state index contributed by atoms with van der Waals surface area (Å²) in [5, 5.41) is 0. The van der Waals surface area contributed by atoms with E-state index in [1.165, 1.54) is 11.1 Å². The summed E-state index contributed by atoms with van der Waals surface area (Å²) >= 11 is 0. The highest BCUT2D eigenvalue weighted by molar-refractivity contribution is 5.76. The number of carbonyl (C=O) groups is 1. The maximum absolute atomic E-state index is 12.6. The predicted molar refractivity (Wildman–Crippen MR) is 113 cm³/mol. The fourth-order valence-electron chi connectivity index (χ4n) is 5.33. The average molecular weight is 439 g/mol. The fourth-order valence-corrected chi connectivity index (χ4v) is 5.33. The van der Waals surface area contributed by atoms with Gasteiger partial charge in [0.2, 0.25) is 5.91 Å². The standard InChI is InChI=1S/C24H33F3N2O2/c25-24(26,27)10-7-23(30)29(17-22-6-3-13-31-22)16-18-8-11-28(12-9-18)21-14-19-4-1-2-5-20(19)15-21/h1-2,4-5,18,21-22H,3,6-17H2/t22-/m1/s1. The number of nitrogens with zero attached hydrogens (tertiary/aromatic N) is 2. The van der Waals surface area contributed by atoms with Crippen LogP contribution in [0.5, 0.6) is 0 Å². The number of halogens is 3. The summed E-state index contributed by atoms with van der Waals surface area (Å²) in [5.41, 5.74) is 2.90. The van der Waals surface area contributed by atoms with Crippen LogP contribution >= 0.6 is 0 Å². The molecule has 4 nitrogen and oxygen atoms in total. The Morgan fingerprint density at radius 1 is 1.06 bits per heavy atom. The smallest absolute Gasteiger partial charge is 0.376 e. The number of alkyl halides is 3. The van der Waals surface area contributed by atoms with E-state index in [2.05, 4.69) is 29.2 Å². The lowest BCUT2D eigenvalue weighted by molar-refractivity contribution is -0.150. The Bertz CT molecular complexity index is 716. The maximum Gasteiger partial charge on any atom is 0.389 e. The Morgan fingerprint density at radius 3 is 2.32 bits per heavy atom. The van der Waals surface area contributed by atoms with E-state index in [9.17, 15) is 18.0 Å². The number of hydrogen-bond acceptors (Lipinski definition) is 3. The molecule has 31 heavy (non-hydrogen) atoms. The minimum atomic E-state index is -4.30. The molecule has 0 unspecified atom stereocenters. The van der Waals surface area contributed by atoms with Gasteiger partial charge in [0.1, 0.15) is 0 Å². The minimum Gasteiger partial charge on any atom is -0.376 e. The second kappa shape index (κ2) is 9.90. The highest BCUT2D eigenvalue weighted by Crippen LogP contribution is 2.29. The molecule has 7 heteroatoms. The molecular weight excluding hydrogens is 405 g/mol. The topological polar surface area (TPSA) is 32.8 Å². The number of fused-ring (bicyclic) bond motifs is 1. The second-order valence-electron chi connectivity index (χ2n) is 9.36. The van der Waals surface area contributed by atoms with E-state index in [1.807, 2.05) is 0 Å². The van der Waals surface area contributed by atoms with Gasteiger partial charge < -0.3 is 9.64 Å². The molecule has 1 atom stereocenters. The molecular formula is C24H33F3N2O2. The summed E-state index contributed by atoms with van der Waals surface area (Å²) in [4.78, 5) is 16.8. The quantitative estimate of drug-likeness (QED) is 0.639. The van der Waals surface area contributed by atoms with E-state index in [1.54, 1.807) is 4.90 Å². The van der Waals surface area contributed by atoms with Crippen LogP contribution in [0.1, 0.15) is 49.7 Å². The first kappa shape index (κ1) is 22.6. The van der Waals surface area contributed by atoms with Gasteiger partial charge in [-0.2, -0.15) is 13.2 Å². The molecule has 0 bridgehead atoms. The third-order valence-corrected chi connectivity index (χ3v) is 7.10. The van der Waals surface area contributed by atoms with Gasteiger partial charge in [0, 0.05) is 32.2 Å². The first-order valence-corrected chi connectivity index (χ1v) is 11.6. The molecule has 2 saturated heterocycles. The Balaban J connectivity index is 1.28. The number of ether oxygens (including phenoxy) is 1. The molecule has 0 aromatic heterocycles. The van der Waals surface area contributed by atoms with Gasteiger partial charge in [0.05, 0.1) is 12.5 Å². The molecule has 0 spiro atoms. The highest BCUT2D eigenvalue weighted by Gasteiger charge is 2.33. The van der Waals surface area contributed by atoms with Gasteiger partial charge in [-0.05, 0) is 68.7 Å². The van der Waals surface area contributed by atoms with Crippen LogP contribution in [0.3, 0.4) is 0 Å². The van der Waals surface area contributed by atoms with Crippen molar-refractivity contribution in [2.45, 2.75) is 69.7 Å². The molecule has 0 radical (unpaired) electrons. The van der Waals surface area contributed by atoms with Crippen LogP contribution in [0.25, 0.3) is 0 Å². The molecule has 172 valence electrons. The molecule has 0 N–H and O–H groups in total. The normalized spacial score (nSPS) is 23.3. The monoisotopic (exact) mass is 438 g/mol. The molecule has 1 amide bonds. The lowest BCUT2D eigenvalue weighted by Gasteiger charge is -2.38. The van der Waals surface area contributed by atoms with E-state index in [0.29, 0.717) is 31.7 Å². The van der Waals surface area contributed by atoms with Crippen molar-refractivity contribution in [2.24, 2.45) is 5.92 Å². The van der Waals surface area contributed by atoms with E-state index in [0.717, 1.165) is 51.6 Å². The SMILES string of the molecule is O=C(CCC(F)(F)F)N(CC1CCN(C2Cc3ccccc3C2)CC1)C[C@H]1CCCO1. The van der Waals surface area contributed by atoms with Crippen molar-refractivity contribution in [1.82, 2.24) is 9.80 Å². The van der Waals surface area contributed by atoms with Crippen molar-refractivity contribution in [3.63, 3.8) is 0 Å². The van der Waals surface area contributed by atoms with Crippen molar-refractivity contribution < 1.29 is 22.7 Å². The summed E-state index contributed by atoms with van der Waals surface area (Å²) in [6.07, 6.45) is 0.166. The Labute approximate surface area is 182 Å². The summed E-state index contributed by atoms with van der Waals surface area (Å²) in [5.74, 6) is -0.0437. The lowest BCUT2D eigenvalue weighted by atomic mass is 9.94. The number of piperidine rings is 1. The Kier molecular flexibility index (Phi) is 7.22. The average Bonchev–Trinajstić information content (AvgIpc) is 3.41. The van der Waals surface area contributed by atoms with Crippen molar-refractivity contribution in [3.05, 3.63) is 35.4 Å². The lowest BCUT2D eigenvalue weighted by Crippen LogP contribution is -2.46. The largest absolute Gasteiger partial charge is 0.389 e. The van der Waals surface area contributed by atoms with Crippen molar-refractivity contribution in [2.75, 3.05) is 32.8 Å². The minimum absolute atomic E-state index is 0.0353. The van der Waals surface area contributed by atoms with E-state index in [-0.39, 0.29) is 12.0 Å². The van der Waals surface area contributed by atoms with Gasteiger partial charge in [-0.15, -0.1) is 0 Å². The number of amides is 1. The molecule has 2 aliphatic heterocycles.